The number of rotatable bonds is 7. The topological polar surface area (TPSA) is 70.0 Å². The molecule has 0 saturated carbocycles. The number of aromatic nitrogens is 3. The molecule has 37 heavy (non-hydrogen) atoms. The average molecular weight is 532 g/mol. The van der Waals surface area contributed by atoms with Gasteiger partial charge < -0.3 is 25.4 Å². The number of fused-ring (bicyclic) bond motifs is 1. The molecule has 0 amide bonds. The van der Waals surface area contributed by atoms with Gasteiger partial charge in [0.2, 0.25) is 0 Å². The molecule has 3 N–H and O–H groups in total. The average Bonchev–Trinajstić information content (AvgIpc) is 3.40. The number of hydrogen-bond donors (Lipinski definition) is 3. The summed E-state index contributed by atoms with van der Waals surface area (Å²) in [5.74, 6) is 0. The fraction of sp³-hybridized carbons (Fsp3) is 0.462. The predicted molar refractivity (Wildman–Crippen MR) is 142 cm³/mol. The van der Waals surface area contributed by atoms with Gasteiger partial charge in [-0.25, -0.2) is 0 Å². The highest BCUT2D eigenvalue weighted by atomic mass is 32.1. The number of anilines is 1. The minimum Gasteiger partial charge on any atom is -0.386 e. The van der Waals surface area contributed by atoms with E-state index in [2.05, 4.69) is 51.1 Å². The van der Waals surface area contributed by atoms with Gasteiger partial charge in [0.15, 0.2) is 5.01 Å². The van der Waals surface area contributed by atoms with Crippen molar-refractivity contribution >= 4 is 27.9 Å². The molecule has 2 aliphatic heterocycles. The third-order valence-electron chi connectivity index (χ3n) is 6.80. The van der Waals surface area contributed by atoms with Crippen LogP contribution in [0.5, 0.6) is 0 Å². The van der Waals surface area contributed by atoms with E-state index >= 15 is 0 Å². The van der Waals surface area contributed by atoms with Crippen LogP contribution in [0.4, 0.5) is 18.9 Å². The zero-order valence-corrected chi connectivity index (χ0v) is 21.8. The van der Waals surface area contributed by atoms with Gasteiger partial charge in [0.1, 0.15) is 11.6 Å². The minimum atomic E-state index is -4.37. The third-order valence-corrected chi connectivity index (χ3v) is 7.75. The fourth-order valence-electron chi connectivity index (χ4n) is 4.77. The van der Waals surface area contributed by atoms with Gasteiger partial charge in [0, 0.05) is 35.1 Å². The molecule has 0 aliphatic carbocycles. The van der Waals surface area contributed by atoms with Gasteiger partial charge in [-0.1, -0.05) is 23.5 Å². The van der Waals surface area contributed by atoms with E-state index in [1.165, 1.54) is 15.9 Å². The lowest BCUT2D eigenvalue weighted by Crippen LogP contribution is -2.36. The molecular weight excluding hydrogens is 499 g/mol. The molecule has 0 bridgehead atoms. The van der Waals surface area contributed by atoms with Crippen molar-refractivity contribution in [2.45, 2.75) is 57.5 Å². The summed E-state index contributed by atoms with van der Waals surface area (Å²) >= 11 is 1.31. The molecule has 2 aliphatic rings. The summed E-state index contributed by atoms with van der Waals surface area (Å²) in [4.78, 5) is 2.29. The van der Waals surface area contributed by atoms with E-state index in [0.29, 0.717) is 39.9 Å². The minimum absolute atomic E-state index is 0.292. The van der Waals surface area contributed by atoms with Crippen LogP contribution in [0.15, 0.2) is 48.3 Å². The number of nitrogens with one attached hydrogen (secondary N) is 3. The van der Waals surface area contributed by atoms with Gasteiger partial charge >= 0.3 is 6.18 Å². The van der Waals surface area contributed by atoms with Gasteiger partial charge in [-0.2, -0.15) is 13.2 Å². The Morgan fingerprint density at radius 3 is 2.78 bits per heavy atom. The molecule has 11 heteroatoms. The molecule has 5 rings (SSSR count). The van der Waals surface area contributed by atoms with Crippen LogP contribution in [0.2, 0.25) is 0 Å². The van der Waals surface area contributed by atoms with Crippen molar-refractivity contribution in [1.82, 2.24) is 30.3 Å². The first kappa shape index (κ1) is 25.6. The molecule has 2 aromatic heterocycles. The second kappa shape index (κ2) is 10.7. The van der Waals surface area contributed by atoms with Crippen LogP contribution >= 0.6 is 11.3 Å². The Kier molecular flexibility index (Phi) is 7.43. The van der Waals surface area contributed by atoms with E-state index in [-0.39, 0.29) is 0 Å². The van der Waals surface area contributed by atoms with Crippen molar-refractivity contribution in [3.05, 3.63) is 53.3 Å². The van der Waals surface area contributed by atoms with Crippen LogP contribution < -0.4 is 16.0 Å². The Hall–Kier alpha value is -3.05. The van der Waals surface area contributed by atoms with Crippen LogP contribution in [0, 0.1) is 0 Å². The summed E-state index contributed by atoms with van der Waals surface area (Å²) in [6, 6.07) is 7.97. The summed E-state index contributed by atoms with van der Waals surface area (Å²) in [5.41, 5.74) is 2.75. The summed E-state index contributed by atoms with van der Waals surface area (Å²) in [5, 5.41) is 20.7. The monoisotopic (exact) mass is 531 g/mol. The van der Waals surface area contributed by atoms with Crippen molar-refractivity contribution in [3.8, 4) is 10.7 Å². The predicted octanol–water partition coefficient (Wildman–Crippen LogP) is 5.10. The Morgan fingerprint density at radius 2 is 2.00 bits per heavy atom. The summed E-state index contributed by atoms with van der Waals surface area (Å²) in [7, 11) is 2.11. The van der Waals surface area contributed by atoms with Crippen LogP contribution in [-0.4, -0.2) is 58.1 Å². The van der Waals surface area contributed by atoms with Crippen molar-refractivity contribution in [3.63, 3.8) is 0 Å². The quantitative estimate of drug-likeness (QED) is 0.394. The standard InChI is InChI=1S/C26H32F3N7S/c1-17-5-3-6-19(14-30-17)31-15-24-33-34-25(37-24)23-13-20-21(32-18-9-11-35(2)12-10-18)7-4-8-22(20)36(23)16-26(27,28)29/h3-4,6-8,13-14,17-18,30-32H,5,9-12,15-16H2,1-2H3. The number of benzene rings is 1. The molecule has 1 unspecified atom stereocenters. The molecular formula is C26H32F3N7S. The molecule has 198 valence electrons. The zero-order chi connectivity index (χ0) is 26.0. The Morgan fingerprint density at radius 1 is 1.19 bits per heavy atom. The maximum Gasteiger partial charge on any atom is 0.406 e. The summed E-state index contributed by atoms with van der Waals surface area (Å²) < 4.78 is 42.2. The van der Waals surface area contributed by atoms with E-state index in [1.54, 1.807) is 6.07 Å². The first-order valence-electron chi connectivity index (χ1n) is 12.6. The Bertz CT molecular complexity index is 1290. The van der Waals surface area contributed by atoms with E-state index in [9.17, 15) is 13.2 Å². The fourth-order valence-corrected chi connectivity index (χ4v) is 5.58. The summed E-state index contributed by atoms with van der Waals surface area (Å²) in [6.45, 7) is 3.45. The summed E-state index contributed by atoms with van der Waals surface area (Å²) in [6.07, 6.45) is 4.60. The first-order valence-corrected chi connectivity index (χ1v) is 13.4. The van der Waals surface area contributed by atoms with Gasteiger partial charge in [-0.05, 0) is 70.6 Å². The van der Waals surface area contributed by atoms with E-state index in [1.807, 2.05) is 30.5 Å². The Labute approximate surface area is 218 Å². The number of likely N-dealkylation sites (tertiary alicyclic amines) is 1. The number of allylic oxidation sites excluding steroid dienone is 1. The normalized spacial score (nSPS) is 19.5. The van der Waals surface area contributed by atoms with Gasteiger partial charge in [0.05, 0.1) is 17.8 Å². The van der Waals surface area contributed by atoms with E-state index < -0.39 is 12.7 Å². The molecule has 3 aromatic rings. The smallest absolute Gasteiger partial charge is 0.386 e. The van der Waals surface area contributed by atoms with Gasteiger partial charge in [-0.15, -0.1) is 10.2 Å². The number of halogens is 3. The molecule has 1 atom stereocenters. The lowest BCUT2D eigenvalue weighted by molar-refractivity contribution is -0.139. The molecule has 7 nitrogen and oxygen atoms in total. The first-order chi connectivity index (χ1) is 17.7. The van der Waals surface area contributed by atoms with Crippen molar-refractivity contribution in [2.24, 2.45) is 0 Å². The maximum atomic E-state index is 13.6. The second-order valence-corrected chi connectivity index (χ2v) is 10.9. The Balaban J connectivity index is 1.42. The van der Waals surface area contributed by atoms with E-state index in [4.69, 9.17) is 0 Å². The van der Waals surface area contributed by atoms with Crippen molar-refractivity contribution < 1.29 is 13.2 Å². The van der Waals surface area contributed by atoms with Crippen molar-refractivity contribution in [2.75, 3.05) is 25.5 Å². The zero-order valence-electron chi connectivity index (χ0n) is 21.0. The van der Waals surface area contributed by atoms with Crippen molar-refractivity contribution in [1.29, 1.82) is 0 Å². The largest absolute Gasteiger partial charge is 0.406 e. The number of hydrogen-bond acceptors (Lipinski definition) is 7. The molecule has 0 radical (unpaired) electrons. The maximum absolute atomic E-state index is 13.6. The van der Waals surface area contributed by atoms with Crippen LogP contribution in [0.3, 0.4) is 0 Å². The molecule has 1 fully saturated rings. The molecule has 1 saturated heterocycles. The van der Waals surface area contributed by atoms with Crippen LogP contribution in [0.1, 0.15) is 31.2 Å². The number of alkyl halides is 3. The molecule has 1 aromatic carbocycles. The third kappa shape index (κ3) is 6.27. The van der Waals surface area contributed by atoms with Crippen LogP contribution in [0.25, 0.3) is 21.6 Å². The number of nitrogens with zero attached hydrogens (tertiary/aromatic N) is 4. The lowest BCUT2D eigenvalue weighted by Gasteiger charge is -2.30. The second-order valence-electron chi connectivity index (χ2n) is 9.85. The SMILES string of the molecule is CC1CC=CC(NCc2nnc(-c3cc4c(NC5CCN(C)CC5)cccc4n3CC(F)(F)F)s2)=CN1. The van der Waals surface area contributed by atoms with E-state index in [0.717, 1.165) is 49.1 Å². The number of piperidine rings is 1. The van der Waals surface area contributed by atoms with Crippen LogP contribution in [-0.2, 0) is 13.1 Å². The lowest BCUT2D eigenvalue weighted by atomic mass is 10.0. The highest BCUT2D eigenvalue weighted by molar-refractivity contribution is 7.14. The highest BCUT2D eigenvalue weighted by Gasteiger charge is 2.31. The molecule has 4 heterocycles. The van der Waals surface area contributed by atoms with Gasteiger partial charge in [-0.3, -0.25) is 0 Å². The molecule has 0 spiro atoms. The van der Waals surface area contributed by atoms with Gasteiger partial charge in [0.25, 0.3) is 0 Å². The highest BCUT2D eigenvalue weighted by Crippen LogP contribution is 2.36.